The fraction of sp³-hybridized carbons (Fsp3) is 0.286. The van der Waals surface area contributed by atoms with Crippen molar-refractivity contribution in [3.05, 3.63) is 59.7 Å². The van der Waals surface area contributed by atoms with Gasteiger partial charge in [-0.1, -0.05) is 26.7 Å². The van der Waals surface area contributed by atoms with Gasteiger partial charge in [-0.3, -0.25) is 0 Å². The van der Waals surface area contributed by atoms with Crippen LogP contribution in [0.25, 0.3) is 0 Å². The van der Waals surface area contributed by atoms with E-state index in [9.17, 15) is 0 Å². The summed E-state index contributed by atoms with van der Waals surface area (Å²) in [5.41, 5.74) is 2.81. The summed E-state index contributed by atoms with van der Waals surface area (Å²) in [6.45, 7) is 4.28. The molecule has 92 valence electrons. The molecule has 0 amide bonds. The van der Waals surface area contributed by atoms with Crippen LogP contribution in [-0.2, 0) is 32.6 Å². The molecule has 2 rings (SSSR count). The van der Waals surface area contributed by atoms with Gasteiger partial charge in [0.25, 0.3) is 0 Å². The van der Waals surface area contributed by atoms with Gasteiger partial charge in [0, 0.05) is 0 Å². The summed E-state index contributed by atoms with van der Waals surface area (Å²) in [5, 5.41) is 0. The van der Waals surface area contributed by atoms with Crippen LogP contribution in [0.3, 0.4) is 0 Å². The van der Waals surface area contributed by atoms with Crippen LogP contribution in [0.4, 0.5) is 0 Å². The van der Waals surface area contributed by atoms with Crippen LogP contribution in [0.15, 0.2) is 48.5 Å². The van der Waals surface area contributed by atoms with E-state index >= 15 is 0 Å². The first-order valence-corrected chi connectivity index (χ1v) is 5.22. The molecule has 0 saturated heterocycles. The Labute approximate surface area is 136 Å². The fourth-order valence-electron chi connectivity index (χ4n) is 1.34. The number of hydrogen-bond acceptors (Lipinski definition) is 0. The molecule has 2 aromatic rings. The number of halogens is 2. The summed E-state index contributed by atoms with van der Waals surface area (Å²) < 4.78 is 0. The van der Waals surface area contributed by atoms with Crippen molar-refractivity contribution in [2.45, 2.75) is 26.7 Å². The van der Waals surface area contributed by atoms with Crippen molar-refractivity contribution in [1.82, 2.24) is 0 Å². The van der Waals surface area contributed by atoms with E-state index in [2.05, 4.69) is 50.2 Å². The molecule has 0 N–H and O–H groups in total. The Morgan fingerprint density at radius 2 is 1.24 bits per heavy atom. The summed E-state index contributed by atoms with van der Waals surface area (Å²) in [6.07, 6.45) is 2.48. The summed E-state index contributed by atoms with van der Waals surface area (Å²) in [6, 6.07) is 16.8. The third kappa shape index (κ3) is 11.0. The minimum absolute atomic E-state index is 0. The Balaban J connectivity index is -0.000000201. The second-order valence-electron chi connectivity index (χ2n) is 3.51. The van der Waals surface area contributed by atoms with Crippen molar-refractivity contribution >= 4 is 0 Å². The predicted octanol–water partition coefficient (Wildman–Crippen LogP) is -1.92. The van der Waals surface area contributed by atoms with E-state index in [4.69, 9.17) is 0 Å². The van der Waals surface area contributed by atoms with Crippen molar-refractivity contribution in [3.63, 3.8) is 0 Å². The molecule has 0 saturated carbocycles. The molecule has 0 aliphatic carbocycles. The zero-order valence-electron chi connectivity index (χ0n) is 10.3. The molecule has 0 fully saturated rings. The fourth-order valence-corrected chi connectivity index (χ4v) is 1.34. The first-order chi connectivity index (χ1) is 6.83. The maximum absolute atomic E-state index is 2.20. The number of rotatable bonds is 2. The smallest absolute Gasteiger partial charge is 1.00 e. The second kappa shape index (κ2) is 14.2. The predicted molar refractivity (Wildman–Crippen MR) is 62.8 cm³/mol. The first kappa shape index (κ1) is 22.4. The molecule has 3 heteroatoms. The molecule has 0 aliphatic rings. The third-order valence-electron chi connectivity index (χ3n) is 2.10. The topological polar surface area (TPSA) is 0 Å². The van der Waals surface area contributed by atoms with Gasteiger partial charge in [0.1, 0.15) is 0 Å². The molecular weight excluding hydrogens is 330 g/mol. The van der Waals surface area contributed by atoms with E-state index in [1.54, 1.807) is 0 Å². The number of aryl methyl sites for hydroxylation is 2. The standard InChI is InChI=1S/C8H11.C6H7.2ClH.Zr/c1-2-5-8-6-3-4-7-8;1-6-4-2-3-5-6;;;/h3-4,6-7H,2,5H2,1H3;2-5H,1H3;2*1H;/q2*-1;;;+4/p-2. The van der Waals surface area contributed by atoms with E-state index in [0.717, 1.165) is 0 Å². The number of hydrogen-bond donors (Lipinski definition) is 0. The molecule has 0 aliphatic heterocycles. The van der Waals surface area contributed by atoms with Crippen molar-refractivity contribution in [2.24, 2.45) is 0 Å². The minimum atomic E-state index is 0. The normalized spacial score (nSPS) is 7.65. The Hall–Kier alpha value is 0.163. The Bertz CT molecular complexity index is 312. The van der Waals surface area contributed by atoms with Crippen molar-refractivity contribution < 1.29 is 51.0 Å². The zero-order valence-corrected chi connectivity index (χ0v) is 14.3. The summed E-state index contributed by atoms with van der Waals surface area (Å²) >= 11 is 0. The van der Waals surface area contributed by atoms with Gasteiger partial charge in [0.05, 0.1) is 0 Å². The van der Waals surface area contributed by atoms with Crippen molar-refractivity contribution in [1.29, 1.82) is 0 Å². The minimum Gasteiger partial charge on any atom is -1.00 e. The average molecular weight is 348 g/mol. The average Bonchev–Trinajstić information content (AvgIpc) is 2.79. The largest absolute Gasteiger partial charge is 4.00 e. The second-order valence-corrected chi connectivity index (χ2v) is 3.51. The van der Waals surface area contributed by atoms with Gasteiger partial charge in [0.15, 0.2) is 0 Å². The van der Waals surface area contributed by atoms with Crippen LogP contribution in [-0.4, -0.2) is 0 Å². The van der Waals surface area contributed by atoms with Gasteiger partial charge >= 0.3 is 26.2 Å². The van der Waals surface area contributed by atoms with E-state index in [1.165, 1.54) is 24.0 Å². The maximum atomic E-state index is 2.20. The van der Waals surface area contributed by atoms with E-state index in [1.807, 2.05) is 12.1 Å². The monoisotopic (exact) mass is 346 g/mol. The Morgan fingerprint density at radius 3 is 1.53 bits per heavy atom. The zero-order chi connectivity index (χ0) is 10.2. The van der Waals surface area contributed by atoms with Crippen LogP contribution < -0.4 is 24.8 Å². The summed E-state index contributed by atoms with van der Waals surface area (Å²) in [5.74, 6) is 0. The van der Waals surface area contributed by atoms with Gasteiger partial charge in [-0.25, -0.2) is 24.3 Å². The van der Waals surface area contributed by atoms with Gasteiger partial charge in [-0.15, -0.1) is 0 Å². The van der Waals surface area contributed by atoms with E-state index < -0.39 is 0 Å². The van der Waals surface area contributed by atoms with Crippen molar-refractivity contribution in [2.75, 3.05) is 0 Å². The van der Waals surface area contributed by atoms with Gasteiger partial charge < -0.3 is 24.8 Å². The van der Waals surface area contributed by atoms with Crippen molar-refractivity contribution in [3.8, 4) is 0 Å². The molecule has 0 bridgehead atoms. The molecule has 2 aromatic carbocycles. The van der Waals surface area contributed by atoms with Crippen LogP contribution in [0, 0.1) is 6.92 Å². The molecule has 0 heterocycles. The quantitative estimate of drug-likeness (QED) is 0.555. The summed E-state index contributed by atoms with van der Waals surface area (Å²) in [7, 11) is 0. The molecule has 0 aromatic heterocycles. The molecular formula is C14H18Cl2Zr. The van der Waals surface area contributed by atoms with Gasteiger partial charge in [0.2, 0.25) is 0 Å². The van der Waals surface area contributed by atoms with Gasteiger partial charge in [-0.2, -0.15) is 35.4 Å². The van der Waals surface area contributed by atoms with E-state index in [0.29, 0.717) is 0 Å². The van der Waals surface area contributed by atoms with Crippen LogP contribution in [0.1, 0.15) is 24.5 Å². The van der Waals surface area contributed by atoms with Crippen LogP contribution in [0.5, 0.6) is 0 Å². The van der Waals surface area contributed by atoms with Crippen LogP contribution >= 0.6 is 0 Å². The van der Waals surface area contributed by atoms with E-state index in [-0.39, 0.29) is 51.0 Å². The Kier molecular flexibility index (Phi) is 18.7. The molecule has 0 atom stereocenters. The SMILES string of the molecule is CCC[c-]1cccc1.C[c-]1cccc1.[Cl-].[Cl-].[Zr+4]. The van der Waals surface area contributed by atoms with Crippen LogP contribution in [0.2, 0.25) is 0 Å². The Morgan fingerprint density at radius 1 is 0.824 bits per heavy atom. The van der Waals surface area contributed by atoms with Gasteiger partial charge in [-0.05, 0) is 0 Å². The molecule has 17 heavy (non-hydrogen) atoms. The maximum Gasteiger partial charge on any atom is 4.00 e. The molecule has 0 unspecified atom stereocenters. The molecule has 0 spiro atoms. The molecule has 0 radical (unpaired) electrons. The summed E-state index contributed by atoms with van der Waals surface area (Å²) in [4.78, 5) is 0. The molecule has 0 nitrogen and oxygen atoms in total. The third-order valence-corrected chi connectivity index (χ3v) is 2.10. The first-order valence-electron chi connectivity index (χ1n) is 5.22.